The van der Waals surface area contributed by atoms with Gasteiger partial charge in [-0.15, -0.1) is 0 Å². The van der Waals surface area contributed by atoms with Crippen molar-refractivity contribution in [3.8, 4) is 0 Å². The maximum absolute atomic E-state index is 12.0. The van der Waals surface area contributed by atoms with Crippen molar-refractivity contribution >= 4 is 34.7 Å². The van der Waals surface area contributed by atoms with E-state index in [9.17, 15) is 14.9 Å². The molecule has 0 atom stereocenters. The van der Waals surface area contributed by atoms with Crippen LogP contribution in [0.3, 0.4) is 0 Å². The Morgan fingerprint density at radius 2 is 1.41 bits per heavy atom. The molecule has 0 spiro atoms. The second-order valence-electron chi connectivity index (χ2n) is 5.74. The Morgan fingerprint density at radius 1 is 0.815 bits per heavy atom. The molecule has 0 fully saturated rings. The maximum atomic E-state index is 12.0. The van der Waals surface area contributed by atoms with Gasteiger partial charge in [0.15, 0.2) is 0 Å². The molecule has 0 aliphatic heterocycles. The summed E-state index contributed by atoms with van der Waals surface area (Å²) >= 11 is 0. The van der Waals surface area contributed by atoms with Crippen LogP contribution in [0.15, 0.2) is 84.9 Å². The van der Waals surface area contributed by atoms with Crippen LogP contribution in [-0.2, 0) is 4.79 Å². The molecule has 0 heterocycles. The molecular weight excluding hydrogens is 342 g/mol. The fraction of sp³-hybridized carbons (Fsp3) is 0. The van der Waals surface area contributed by atoms with E-state index in [0.717, 1.165) is 11.4 Å². The maximum Gasteiger partial charge on any atom is 0.269 e. The van der Waals surface area contributed by atoms with Crippen molar-refractivity contribution in [2.45, 2.75) is 0 Å². The van der Waals surface area contributed by atoms with E-state index in [0.29, 0.717) is 11.3 Å². The van der Waals surface area contributed by atoms with Crippen LogP contribution in [-0.4, -0.2) is 10.8 Å². The summed E-state index contributed by atoms with van der Waals surface area (Å²) in [4.78, 5) is 22.2. The standard InChI is InChI=1S/C21H17N3O3/c25-21(15-8-16-6-13-20(14-7-16)24(26)27)23-19-11-9-18(10-12-19)22-17-4-2-1-3-5-17/h1-15,22H,(H,23,25). The SMILES string of the molecule is O=C(C=Cc1ccc([N+](=O)[O-])cc1)Nc1ccc(Nc2ccccc2)cc1. The molecule has 27 heavy (non-hydrogen) atoms. The van der Waals surface area contributed by atoms with Gasteiger partial charge in [-0.3, -0.25) is 14.9 Å². The van der Waals surface area contributed by atoms with E-state index in [2.05, 4.69) is 10.6 Å². The van der Waals surface area contributed by atoms with Crippen LogP contribution in [0, 0.1) is 10.1 Å². The number of nitro benzene ring substituents is 1. The Balaban J connectivity index is 1.56. The Morgan fingerprint density at radius 3 is 2.04 bits per heavy atom. The van der Waals surface area contributed by atoms with Gasteiger partial charge in [-0.2, -0.15) is 0 Å². The van der Waals surface area contributed by atoms with Crippen molar-refractivity contribution in [3.63, 3.8) is 0 Å². The molecule has 0 saturated carbocycles. The zero-order valence-corrected chi connectivity index (χ0v) is 14.3. The van der Waals surface area contributed by atoms with E-state index < -0.39 is 4.92 Å². The summed E-state index contributed by atoms with van der Waals surface area (Å²) in [7, 11) is 0. The van der Waals surface area contributed by atoms with Crippen LogP contribution >= 0.6 is 0 Å². The van der Waals surface area contributed by atoms with Gasteiger partial charge in [-0.1, -0.05) is 18.2 Å². The highest BCUT2D eigenvalue weighted by atomic mass is 16.6. The van der Waals surface area contributed by atoms with Crippen molar-refractivity contribution < 1.29 is 9.72 Å². The summed E-state index contributed by atoms with van der Waals surface area (Å²) in [5.41, 5.74) is 3.30. The number of benzene rings is 3. The summed E-state index contributed by atoms with van der Waals surface area (Å²) in [6.07, 6.45) is 2.99. The molecule has 0 unspecified atom stereocenters. The first-order valence-corrected chi connectivity index (χ1v) is 8.26. The predicted molar refractivity (Wildman–Crippen MR) is 107 cm³/mol. The molecule has 0 aromatic heterocycles. The Kier molecular flexibility index (Phi) is 5.59. The van der Waals surface area contributed by atoms with Crippen LogP contribution in [0.1, 0.15) is 5.56 Å². The van der Waals surface area contributed by atoms with E-state index in [1.807, 2.05) is 54.6 Å². The molecule has 0 aliphatic rings. The first kappa shape index (κ1) is 17.9. The number of amides is 1. The van der Waals surface area contributed by atoms with Crippen molar-refractivity contribution in [2.75, 3.05) is 10.6 Å². The first-order chi connectivity index (χ1) is 13.1. The number of rotatable bonds is 6. The molecule has 0 bridgehead atoms. The molecule has 6 nitrogen and oxygen atoms in total. The zero-order chi connectivity index (χ0) is 19.1. The third kappa shape index (κ3) is 5.27. The highest BCUT2D eigenvalue weighted by Crippen LogP contribution is 2.19. The Bertz CT molecular complexity index is 950. The molecule has 2 N–H and O–H groups in total. The summed E-state index contributed by atoms with van der Waals surface area (Å²) < 4.78 is 0. The molecule has 134 valence electrons. The van der Waals surface area contributed by atoms with E-state index in [1.165, 1.54) is 18.2 Å². The summed E-state index contributed by atoms with van der Waals surface area (Å²) in [6, 6.07) is 23.1. The number of nitrogens with one attached hydrogen (secondary N) is 2. The number of anilines is 3. The number of nitro groups is 1. The van der Waals surface area contributed by atoms with E-state index in [1.54, 1.807) is 18.2 Å². The lowest BCUT2D eigenvalue weighted by Crippen LogP contribution is -2.07. The minimum Gasteiger partial charge on any atom is -0.356 e. The highest BCUT2D eigenvalue weighted by Gasteiger charge is 2.03. The van der Waals surface area contributed by atoms with Crippen molar-refractivity contribution in [2.24, 2.45) is 0 Å². The summed E-state index contributed by atoms with van der Waals surface area (Å²) in [6.45, 7) is 0. The van der Waals surface area contributed by atoms with Crippen molar-refractivity contribution in [1.82, 2.24) is 0 Å². The third-order valence-electron chi connectivity index (χ3n) is 3.75. The monoisotopic (exact) mass is 359 g/mol. The van der Waals surface area contributed by atoms with Crippen LogP contribution < -0.4 is 10.6 Å². The topological polar surface area (TPSA) is 84.3 Å². The predicted octanol–water partition coefficient (Wildman–Crippen LogP) is 4.99. The van der Waals surface area contributed by atoms with Gasteiger partial charge in [0.2, 0.25) is 5.91 Å². The fourth-order valence-electron chi connectivity index (χ4n) is 2.39. The molecule has 1 amide bonds. The average molecular weight is 359 g/mol. The number of carbonyl (C=O) groups excluding carboxylic acids is 1. The Hall–Kier alpha value is -3.93. The van der Waals surface area contributed by atoms with Gasteiger partial charge < -0.3 is 10.6 Å². The summed E-state index contributed by atoms with van der Waals surface area (Å²) in [5, 5.41) is 16.7. The van der Waals surface area contributed by atoms with E-state index in [4.69, 9.17) is 0 Å². The number of non-ortho nitro benzene ring substituents is 1. The zero-order valence-electron chi connectivity index (χ0n) is 14.3. The number of hydrogen-bond acceptors (Lipinski definition) is 4. The van der Waals surface area contributed by atoms with Gasteiger partial charge >= 0.3 is 0 Å². The van der Waals surface area contributed by atoms with Gasteiger partial charge in [-0.05, 0) is 60.2 Å². The second kappa shape index (κ2) is 8.44. The minimum absolute atomic E-state index is 0.0146. The largest absolute Gasteiger partial charge is 0.356 e. The molecule has 3 rings (SSSR count). The average Bonchev–Trinajstić information content (AvgIpc) is 2.69. The van der Waals surface area contributed by atoms with Crippen LogP contribution in [0.2, 0.25) is 0 Å². The summed E-state index contributed by atoms with van der Waals surface area (Å²) in [5.74, 6) is -0.280. The molecule has 0 radical (unpaired) electrons. The fourth-order valence-corrected chi connectivity index (χ4v) is 2.39. The Labute approximate surface area is 156 Å². The quantitative estimate of drug-likeness (QED) is 0.369. The molecule has 6 heteroatoms. The number of para-hydroxylation sites is 1. The second-order valence-corrected chi connectivity index (χ2v) is 5.74. The molecule has 3 aromatic rings. The number of carbonyl (C=O) groups is 1. The lowest BCUT2D eigenvalue weighted by atomic mass is 10.2. The number of nitrogens with zero attached hydrogens (tertiary/aromatic N) is 1. The molecule has 0 aliphatic carbocycles. The van der Waals surface area contributed by atoms with Crippen LogP contribution in [0.4, 0.5) is 22.7 Å². The minimum atomic E-state index is -0.462. The lowest BCUT2D eigenvalue weighted by molar-refractivity contribution is -0.384. The smallest absolute Gasteiger partial charge is 0.269 e. The van der Waals surface area contributed by atoms with Crippen LogP contribution in [0.25, 0.3) is 6.08 Å². The van der Waals surface area contributed by atoms with Gasteiger partial charge in [0, 0.05) is 35.3 Å². The first-order valence-electron chi connectivity index (χ1n) is 8.26. The van der Waals surface area contributed by atoms with Gasteiger partial charge in [-0.25, -0.2) is 0 Å². The van der Waals surface area contributed by atoms with Crippen LogP contribution in [0.5, 0.6) is 0 Å². The van der Waals surface area contributed by atoms with E-state index >= 15 is 0 Å². The normalized spacial score (nSPS) is 10.5. The van der Waals surface area contributed by atoms with Gasteiger partial charge in [0.1, 0.15) is 0 Å². The van der Waals surface area contributed by atoms with Gasteiger partial charge in [0.05, 0.1) is 4.92 Å². The highest BCUT2D eigenvalue weighted by molar-refractivity contribution is 6.02. The lowest BCUT2D eigenvalue weighted by Gasteiger charge is -2.07. The van der Waals surface area contributed by atoms with Crippen molar-refractivity contribution in [3.05, 3.63) is 101 Å². The molecule has 0 saturated heterocycles. The number of hydrogen-bond donors (Lipinski definition) is 2. The molecule has 3 aromatic carbocycles. The van der Waals surface area contributed by atoms with Crippen molar-refractivity contribution in [1.29, 1.82) is 0 Å². The third-order valence-corrected chi connectivity index (χ3v) is 3.75. The molecular formula is C21H17N3O3. The van der Waals surface area contributed by atoms with Gasteiger partial charge in [0.25, 0.3) is 5.69 Å². The van der Waals surface area contributed by atoms with E-state index in [-0.39, 0.29) is 11.6 Å².